The van der Waals surface area contributed by atoms with Gasteiger partial charge in [-0.15, -0.1) is 11.8 Å². The van der Waals surface area contributed by atoms with Crippen LogP contribution in [0, 0.1) is 0 Å². The number of amides is 2. The third-order valence-electron chi connectivity index (χ3n) is 1.85. The van der Waals surface area contributed by atoms with E-state index in [1.165, 1.54) is 0 Å². The highest BCUT2D eigenvalue weighted by Crippen LogP contribution is 2.38. The number of hydrogen-bond acceptors (Lipinski definition) is 3. The van der Waals surface area contributed by atoms with Gasteiger partial charge in [-0.2, -0.15) is 0 Å². The van der Waals surface area contributed by atoms with E-state index in [0.29, 0.717) is 0 Å². The summed E-state index contributed by atoms with van der Waals surface area (Å²) in [5, 5.41) is 0. The van der Waals surface area contributed by atoms with Gasteiger partial charge < -0.3 is 10.5 Å². The zero-order valence-corrected chi connectivity index (χ0v) is 6.84. The molecular weight excluding hydrogens is 164 g/mol. The second-order valence-electron chi connectivity index (χ2n) is 2.65. The summed E-state index contributed by atoms with van der Waals surface area (Å²) >= 11 is 1.76. The first kappa shape index (κ1) is 7.24. The van der Waals surface area contributed by atoms with Gasteiger partial charge in [0.1, 0.15) is 0 Å². The van der Waals surface area contributed by atoms with Crippen LogP contribution in [-0.2, 0) is 4.74 Å². The fourth-order valence-corrected chi connectivity index (χ4v) is 2.26. The Labute approximate surface area is 69.1 Å². The number of fused-ring (bicyclic) bond motifs is 1. The molecule has 2 amide bonds. The van der Waals surface area contributed by atoms with E-state index >= 15 is 0 Å². The lowest BCUT2D eigenvalue weighted by molar-refractivity contribution is 0.174. The zero-order valence-electron chi connectivity index (χ0n) is 6.03. The molecule has 0 aromatic rings. The number of rotatable bonds is 0. The van der Waals surface area contributed by atoms with E-state index in [2.05, 4.69) is 0 Å². The van der Waals surface area contributed by atoms with Crippen LogP contribution < -0.4 is 5.73 Å². The Balaban J connectivity index is 2.02. The summed E-state index contributed by atoms with van der Waals surface area (Å²) in [7, 11) is 0. The maximum atomic E-state index is 10.8. The molecule has 2 heterocycles. The summed E-state index contributed by atoms with van der Waals surface area (Å²) in [6.45, 7) is 0.740. The van der Waals surface area contributed by atoms with Crippen molar-refractivity contribution in [2.45, 2.75) is 18.1 Å². The zero-order chi connectivity index (χ0) is 7.84. The van der Waals surface area contributed by atoms with Crippen molar-refractivity contribution in [1.29, 1.82) is 0 Å². The van der Waals surface area contributed by atoms with Crippen molar-refractivity contribution >= 4 is 17.8 Å². The summed E-state index contributed by atoms with van der Waals surface area (Å²) in [5.74, 6) is 1.06. The topological polar surface area (TPSA) is 58.9 Å². The van der Waals surface area contributed by atoms with Crippen LogP contribution in [0.5, 0.6) is 0 Å². The van der Waals surface area contributed by atoms with Gasteiger partial charge in [0, 0.05) is 6.54 Å². The first-order valence-electron chi connectivity index (χ1n) is 3.62. The van der Waals surface area contributed by atoms with Crippen LogP contribution in [0.15, 0.2) is 0 Å². The van der Waals surface area contributed by atoms with Crippen molar-refractivity contribution in [3.05, 3.63) is 0 Å². The minimum atomic E-state index is -0.361. The van der Waals surface area contributed by atoms with Gasteiger partial charge in [0.2, 0.25) is 0 Å². The third-order valence-corrected chi connectivity index (χ3v) is 3.04. The molecule has 2 unspecified atom stereocenters. The molecule has 4 nitrogen and oxygen atoms in total. The van der Waals surface area contributed by atoms with Crippen molar-refractivity contribution in [3.63, 3.8) is 0 Å². The number of ether oxygens (including phenoxy) is 1. The van der Waals surface area contributed by atoms with E-state index in [4.69, 9.17) is 10.5 Å². The predicted octanol–water partition coefficient (Wildman–Crippen LogP) is 0.186. The normalized spacial score (nSPS) is 35.8. The molecule has 0 aromatic heterocycles. The molecule has 0 bridgehead atoms. The fraction of sp³-hybridized carbons (Fsp3) is 0.833. The molecule has 62 valence electrons. The van der Waals surface area contributed by atoms with Gasteiger partial charge in [-0.3, -0.25) is 4.90 Å². The molecule has 0 aromatic carbocycles. The number of nitrogens with zero attached hydrogens (tertiary/aromatic N) is 1. The summed E-state index contributed by atoms with van der Waals surface area (Å²) < 4.78 is 5.22. The summed E-state index contributed by atoms with van der Waals surface area (Å²) in [5.41, 5.74) is 5.35. The summed E-state index contributed by atoms with van der Waals surface area (Å²) in [6.07, 6.45) is 0.990. The maximum Gasteiger partial charge on any atom is 0.316 e. The second kappa shape index (κ2) is 2.57. The first-order chi connectivity index (χ1) is 5.29. The average Bonchev–Trinajstić information content (AvgIpc) is 2.60. The second-order valence-corrected chi connectivity index (χ2v) is 3.86. The minimum absolute atomic E-state index is 0.0278. The molecule has 2 fully saturated rings. The Bertz CT molecular complexity index is 187. The number of urea groups is 1. The lowest BCUT2D eigenvalue weighted by Crippen LogP contribution is -2.38. The van der Waals surface area contributed by atoms with E-state index < -0.39 is 0 Å². The SMILES string of the molecule is NC(=O)N1CCCSC2OC21. The van der Waals surface area contributed by atoms with E-state index in [0.717, 1.165) is 18.7 Å². The van der Waals surface area contributed by atoms with Crippen molar-refractivity contribution in [2.24, 2.45) is 5.73 Å². The smallest absolute Gasteiger partial charge is 0.316 e. The van der Waals surface area contributed by atoms with Crippen LogP contribution >= 0.6 is 11.8 Å². The Hall–Kier alpha value is -0.420. The molecule has 2 saturated heterocycles. The van der Waals surface area contributed by atoms with E-state index in [1.54, 1.807) is 16.7 Å². The number of carbonyl (C=O) groups excluding carboxylic acids is 1. The van der Waals surface area contributed by atoms with Gasteiger partial charge in [0.05, 0.1) is 0 Å². The largest absolute Gasteiger partial charge is 0.351 e. The van der Waals surface area contributed by atoms with Gasteiger partial charge in [-0.05, 0) is 12.2 Å². The standard InChI is InChI=1S/C6H10N2O2S/c7-6(9)8-2-1-3-11-5-4(8)10-5/h4-5H,1-3H2,(H2,7,9). The molecule has 5 heteroatoms. The van der Waals surface area contributed by atoms with Crippen molar-refractivity contribution in [1.82, 2.24) is 4.90 Å². The number of thioether (sulfide) groups is 1. The molecule has 2 aliphatic heterocycles. The van der Waals surface area contributed by atoms with Crippen molar-refractivity contribution in [3.8, 4) is 0 Å². The lowest BCUT2D eigenvalue weighted by atomic mass is 10.4. The van der Waals surface area contributed by atoms with Crippen LogP contribution in [0.3, 0.4) is 0 Å². The molecule has 2 aliphatic rings. The van der Waals surface area contributed by atoms with Gasteiger partial charge in [0.15, 0.2) is 11.7 Å². The van der Waals surface area contributed by atoms with Crippen LogP contribution in [0.25, 0.3) is 0 Å². The number of hydrogen-bond donors (Lipinski definition) is 1. The lowest BCUT2D eigenvalue weighted by Gasteiger charge is -2.15. The van der Waals surface area contributed by atoms with Crippen LogP contribution in [0.4, 0.5) is 4.79 Å². The predicted molar refractivity (Wildman–Crippen MR) is 42.0 cm³/mol. The van der Waals surface area contributed by atoms with Gasteiger partial charge >= 0.3 is 6.03 Å². The van der Waals surface area contributed by atoms with Crippen LogP contribution in [-0.4, -0.2) is 34.9 Å². The Morgan fingerprint density at radius 1 is 1.73 bits per heavy atom. The molecule has 0 radical (unpaired) electrons. The first-order valence-corrected chi connectivity index (χ1v) is 4.67. The Kier molecular flexibility index (Phi) is 1.69. The molecule has 2 N–H and O–H groups in total. The van der Waals surface area contributed by atoms with Crippen molar-refractivity contribution < 1.29 is 9.53 Å². The number of carbonyl (C=O) groups is 1. The fourth-order valence-electron chi connectivity index (χ4n) is 1.23. The molecule has 2 atom stereocenters. The maximum absolute atomic E-state index is 10.8. The number of nitrogens with two attached hydrogens (primary N) is 1. The molecule has 2 rings (SSSR count). The third kappa shape index (κ3) is 1.30. The highest BCUT2D eigenvalue weighted by molar-refractivity contribution is 8.00. The number of primary amides is 1. The summed E-state index contributed by atoms with van der Waals surface area (Å²) in [4.78, 5) is 12.4. The number of epoxide rings is 1. The highest BCUT2D eigenvalue weighted by Gasteiger charge is 2.46. The monoisotopic (exact) mass is 174 g/mol. The van der Waals surface area contributed by atoms with Gasteiger partial charge in [0.25, 0.3) is 0 Å². The minimum Gasteiger partial charge on any atom is -0.351 e. The Morgan fingerprint density at radius 3 is 3.27 bits per heavy atom. The van der Waals surface area contributed by atoms with E-state index in [9.17, 15) is 4.79 Å². The van der Waals surface area contributed by atoms with Crippen molar-refractivity contribution in [2.75, 3.05) is 12.3 Å². The molecule has 0 saturated carbocycles. The molecular formula is C6H10N2O2S. The summed E-state index contributed by atoms with van der Waals surface area (Å²) in [6, 6.07) is -0.361. The van der Waals surface area contributed by atoms with Crippen LogP contribution in [0.1, 0.15) is 6.42 Å². The van der Waals surface area contributed by atoms with E-state index in [-0.39, 0.29) is 17.7 Å². The molecule has 0 aliphatic carbocycles. The highest BCUT2D eigenvalue weighted by atomic mass is 32.2. The molecule has 0 spiro atoms. The van der Waals surface area contributed by atoms with E-state index in [1.807, 2.05) is 0 Å². The molecule has 11 heavy (non-hydrogen) atoms. The van der Waals surface area contributed by atoms with Gasteiger partial charge in [-0.25, -0.2) is 4.79 Å². The average molecular weight is 174 g/mol. The Morgan fingerprint density at radius 2 is 2.55 bits per heavy atom. The van der Waals surface area contributed by atoms with Crippen LogP contribution in [0.2, 0.25) is 0 Å². The van der Waals surface area contributed by atoms with Gasteiger partial charge in [-0.1, -0.05) is 0 Å². The quantitative estimate of drug-likeness (QED) is 0.533.